The van der Waals surface area contributed by atoms with Crippen LogP contribution in [0.25, 0.3) is 0 Å². The molecule has 0 aliphatic carbocycles. The van der Waals surface area contributed by atoms with Crippen LogP contribution in [-0.2, 0) is 0 Å². The van der Waals surface area contributed by atoms with Crippen LogP contribution in [0.1, 0.15) is 26.3 Å². The molecule has 0 saturated carbocycles. The van der Waals surface area contributed by atoms with Crippen LogP contribution in [0.2, 0.25) is 5.02 Å². The second-order valence-electron chi connectivity index (χ2n) is 4.70. The number of nitro groups is 1. The molecule has 118 valence electrons. The number of hydrogen-bond acceptors (Lipinski definition) is 4. The van der Waals surface area contributed by atoms with Gasteiger partial charge in [-0.2, -0.15) is 0 Å². The van der Waals surface area contributed by atoms with E-state index in [1.807, 2.05) is 6.92 Å². The summed E-state index contributed by atoms with van der Waals surface area (Å²) in [4.78, 5) is 33.9. The highest BCUT2D eigenvalue weighted by Crippen LogP contribution is 2.24. The summed E-state index contributed by atoms with van der Waals surface area (Å²) in [7, 11) is 0. The monoisotopic (exact) mass is 333 g/mol. The third-order valence-corrected chi connectivity index (χ3v) is 3.33. The Morgan fingerprint density at radius 2 is 1.52 bits per heavy atom. The molecular weight excluding hydrogens is 322 g/mol. The lowest BCUT2D eigenvalue weighted by Gasteiger charge is -2.08. The third kappa shape index (κ3) is 4.04. The molecule has 2 rings (SSSR count). The molecule has 0 spiro atoms. The number of nitrogens with zero attached hydrogens (tertiary/aromatic N) is 1. The molecular formula is C15H12ClN3O4. The maximum Gasteiger partial charge on any atom is 0.288 e. The van der Waals surface area contributed by atoms with Crippen molar-refractivity contribution >= 4 is 29.1 Å². The Balaban J connectivity index is 2.05. The number of halogens is 1. The molecule has 0 unspecified atom stereocenters. The number of rotatable bonds is 3. The van der Waals surface area contributed by atoms with Crippen molar-refractivity contribution in [2.45, 2.75) is 6.92 Å². The third-order valence-electron chi connectivity index (χ3n) is 3.01. The molecule has 8 heteroatoms. The molecule has 0 bridgehead atoms. The molecule has 0 heterocycles. The van der Waals surface area contributed by atoms with Crippen molar-refractivity contribution in [3.05, 3.63) is 74.3 Å². The van der Waals surface area contributed by atoms with Crippen LogP contribution in [-0.4, -0.2) is 16.7 Å². The van der Waals surface area contributed by atoms with Gasteiger partial charge in [-0.05, 0) is 31.2 Å². The first-order valence-electron chi connectivity index (χ1n) is 6.50. The van der Waals surface area contributed by atoms with E-state index in [-0.39, 0.29) is 16.3 Å². The lowest BCUT2D eigenvalue weighted by Crippen LogP contribution is -2.41. The summed E-state index contributed by atoms with van der Waals surface area (Å²) >= 11 is 5.67. The van der Waals surface area contributed by atoms with Gasteiger partial charge in [0.2, 0.25) is 0 Å². The normalized spacial score (nSPS) is 10.0. The molecule has 2 N–H and O–H groups in total. The van der Waals surface area contributed by atoms with Crippen LogP contribution in [0.5, 0.6) is 0 Å². The van der Waals surface area contributed by atoms with Crippen molar-refractivity contribution in [2.75, 3.05) is 0 Å². The fourth-order valence-corrected chi connectivity index (χ4v) is 1.94. The largest absolute Gasteiger partial charge is 0.288 e. The summed E-state index contributed by atoms with van der Waals surface area (Å²) in [5, 5.41) is 10.7. The van der Waals surface area contributed by atoms with Crippen LogP contribution in [0.3, 0.4) is 0 Å². The molecule has 0 atom stereocenters. The molecule has 7 nitrogen and oxygen atoms in total. The Bertz CT molecular complexity index is 775. The van der Waals surface area contributed by atoms with Crippen LogP contribution >= 0.6 is 11.6 Å². The van der Waals surface area contributed by atoms with Crippen molar-refractivity contribution in [1.82, 2.24) is 10.9 Å². The smallest absolute Gasteiger partial charge is 0.267 e. The van der Waals surface area contributed by atoms with E-state index >= 15 is 0 Å². The molecule has 23 heavy (non-hydrogen) atoms. The molecule has 2 aromatic carbocycles. The average Bonchev–Trinajstić information content (AvgIpc) is 2.53. The van der Waals surface area contributed by atoms with E-state index in [9.17, 15) is 19.7 Å². The summed E-state index contributed by atoms with van der Waals surface area (Å²) in [6.07, 6.45) is 0. The zero-order chi connectivity index (χ0) is 17.0. The lowest BCUT2D eigenvalue weighted by molar-refractivity contribution is -0.384. The van der Waals surface area contributed by atoms with E-state index in [1.165, 1.54) is 12.1 Å². The standard InChI is InChI=1S/C15H12ClN3O4/c1-9-2-4-10(5-3-9)14(20)17-18-15(21)11-6-7-12(16)13(8-11)19(22)23/h2-8H,1H3,(H,17,20)(H,18,21). The number of hydrogen-bond donors (Lipinski definition) is 2. The highest BCUT2D eigenvalue weighted by Gasteiger charge is 2.16. The number of nitrogens with one attached hydrogen (secondary N) is 2. The fourth-order valence-electron chi connectivity index (χ4n) is 1.76. The first-order chi connectivity index (χ1) is 10.9. The van der Waals surface area contributed by atoms with Crippen LogP contribution in [0.15, 0.2) is 42.5 Å². The fraction of sp³-hybridized carbons (Fsp3) is 0.0667. The predicted molar refractivity (Wildman–Crippen MR) is 84.2 cm³/mol. The van der Waals surface area contributed by atoms with Gasteiger partial charge in [-0.1, -0.05) is 29.3 Å². The molecule has 0 radical (unpaired) electrons. The van der Waals surface area contributed by atoms with Gasteiger partial charge in [0.1, 0.15) is 5.02 Å². The topological polar surface area (TPSA) is 101 Å². The summed E-state index contributed by atoms with van der Waals surface area (Å²) in [6, 6.07) is 10.4. The number of hydrazine groups is 1. The zero-order valence-electron chi connectivity index (χ0n) is 12.0. The van der Waals surface area contributed by atoms with Crippen LogP contribution in [0.4, 0.5) is 5.69 Å². The molecule has 2 aromatic rings. The minimum absolute atomic E-state index is 0.00491. The van der Waals surface area contributed by atoms with Crippen molar-refractivity contribution in [1.29, 1.82) is 0 Å². The van der Waals surface area contributed by atoms with Gasteiger partial charge in [0, 0.05) is 17.2 Å². The van der Waals surface area contributed by atoms with Crippen molar-refractivity contribution in [3.63, 3.8) is 0 Å². The van der Waals surface area contributed by atoms with Crippen molar-refractivity contribution in [3.8, 4) is 0 Å². The zero-order valence-corrected chi connectivity index (χ0v) is 12.8. The Kier molecular flexibility index (Phi) is 4.92. The predicted octanol–water partition coefficient (Wildman–Crippen LogP) is 2.63. The van der Waals surface area contributed by atoms with E-state index in [1.54, 1.807) is 24.3 Å². The van der Waals surface area contributed by atoms with Gasteiger partial charge in [0.15, 0.2) is 0 Å². The number of carbonyl (C=O) groups is 2. The summed E-state index contributed by atoms with van der Waals surface area (Å²) in [5.74, 6) is -1.19. The van der Waals surface area contributed by atoms with Gasteiger partial charge in [-0.25, -0.2) is 0 Å². The Morgan fingerprint density at radius 1 is 1.00 bits per heavy atom. The van der Waals surface area contributed by atoms with Gasteiger partial charge in [-0.15, -0.1) is 0 Å². The van der Waals surface area contributed by atoms with Crippen molar-refractivity contribution in [2.24, 2.45) is 0 Å². The average molecular weight is 334 g/mol. The summed E-state index contributed by atoms with van der Waals surface area (Å²) < 4.78 is 0. The van der Waals surface area contributed by atoms with Crippen LogP contribution < -0.4 is 10.9 Å². The first kappa shape index (κ1) is 16.4. The van der Waals surface area contributed by atoms with Gasteiger partial charge < -0.3 is 0 Å². The van der Waals surface area contributed by atoms with Gasteiger partial charge >= 0.3 is 0 Å². The van der Waals surface area contributed by atoms with E-state index in [0.29, 0.717) is 5.56 Å². The van der Waals surface area contributed by atoms with Crippen LogP contribution in [0, 0.1) is 17.0 Å². The maximum absolute atomic E-state index is 11.9. The molecule has 0 aliphatic rings. The number of nitro benzene ring substituents is 1. The number of amides is 2. The Labute approximate surface area is 136 Å². The lowest BCUT2D eigenvalue weighted by atomic mass is 10.1. The SMILES string of the molecule is Cc1ccc(C(=O)NNC(=O)c2ccc(Cl)c([N+](=O)[O-])c2)cc1. The molecule has 0 saturated heterocycles. The summed E-state index contributed by atoms with van der Waals surface area (Å²) in [6.45, 7) is 1.89. The van der Waals surface area contributed by atoms with Crippen molar-refractivity contribution < 1.29 is 14.5 Å². The molecule has 0 aliphatic heterocycles. The van der Waals surface area contributed by atoms with Gasteiger partial charge in [0.05, 0.1) is 4.92 Å². The minimum atomic E-state index is -0.690. The summed E-state index contributed by atoms with van der Waals surface area (Å²) in [5.41, 5.74) is 5.42. The number of carbonyl (C=O) groups excluding carboxylic acids is 2. The molecule has 0 aromatic heterocycles. The highest BCUT2D eigenvalue weighted by molar-refractivity contribution is 6.32. The molecule has 2 amide bonds. The number of aryl methyl sites for hydroxylation is 1. The first-order valence-corrected chi connectivity index (χ1v) is 6.87. The second-order valence-corrected chi connectivity index (χ2v) is 5.10. The maximum atomic E-state index is 11.9. The quantitative estimate of drug-likeness (QED) is 0.665. The molecule has 0 fully saturated rings. The van der Waals surface area contributed by atoms with E-state index in [4.69, 9.17) is 11.6 Å². The number of benzene rings is 2. The van der Waals surface area contributed by atoms with E-state index in [0.717, 1.165) is 11.6 Å². The second kappa shape index (κ2) is 6.89. The van der Waals surface area contributed by atoms with E-state index in [2.05, 4.69) is 10.9 Å². The Hall–Kier alpha value is -2.93. The Morgan fingerprint density at radius 3 is 2.09 bits per heavy atom. The highest BCUT2D eigenvalue weighted by atomic mass is 35.5. The van der Waals surface area contributed by atoms with Gasteiger partial charge in [0.25, 0.3) is 17.5 Å². The van der Waals surface area contributed by atoms with E-state index < -0.39 is 16.7 Å². The minimum Gasteiger partial charge on any atom is -0.267 e. The van der Waals surface area contributed by atoms with Gasteiger partial charge in [-0.3, -0.25) is 30.6 Å².